The Hall–Kier alpha value is -1.41. The van der Waals surface area contributed by atoms with Crippen molar-refractivity contribution >= 4 is 8.25 Å². The van der Waals surface area contributed by atoms with E-state index >= 15 is 0 Å². The summed E-state index contributed by atoms with van der Waals surface area (Å²) in [4.78, 5) is 0. The summed E-state index contributed by atoms with van der Waals surface area (Å²) in [6.45, 7) is 1.08. The first-order valence-electron chi connectivity index (χ1n) is 10.7. The number of rotatable bonds is 16. The molecule has 0 atom stereocenters. The van der Waals surface area contributed by atoms with Crippen LogP contribution in [-0.4, -0.2) is 13.2 Å². The summed E-state index contributed by atoms with van der Waals surface area (Å²) < 4.78 is 22.4. The highest BCUT2D eigenvalue weighted by Gasteiger charge is 2.00. The normalized spacial score (nSPS) is 11.2. The first kappa shape index (κ1) is 22.9. The number of benzene rings is 2. The van der Waals surface area contributed by atoms with E-state index in [0.717, 1.165) is 38.5 Å². The van der Waals surface area contributed by atoms with E-state index in [1.54, 1.807) is 0 Å². The van der Waals surface area contributed by atoms with Gasteiger partial charge in [-0.05, 0) is 49.7 Å². The smallest absolute Gasteiger partial charge is 0.311 e. The SMILES string of the molecule is O=[PH](OCCCCCCc1ccccc1)OCCCCCCc1ccccc1. The lowest BCUT2D eigenvalue weighted by atomic mass is 10.1. The average molecular weight is 403 g/mol. The van der Waals surface area contributed by atoms with Gasteiger partial charge in [-0.15, -0.1) is 0 Å². The van der Waals surface area contributed by atoms with Gasteiger partial charge in [-0.2, -0.15) is 0 Å². The largest absolute Gasteiger partial charge is 0.319 e. The van der Waals surface area contributed by atoms with Crippen LogP contribution in [-0.2, 0) is 26.5 Å². The van der Waals surface area contributed by atoms with Gasteiger partial charge in [0.05, 0.1) is 13.2 Å². The Balaban J connectivity index is 1.33. The molecule has 0 heterocycles. The van der Waals surface area contributed by atoms with Crippen LogP contribution in [0.2, 0.25) is 0 Å². The zero-order valence-corrected chi connectivity index (χ0v) is 18.0. The maximum absolute atomic E-state index is 11.7. The first-order valence-corrected chi connectivity index (χ1v) is 11.9. The molecule has 154 valence electrons. The van der Waals surface area contributed by atoms with E-state index in [4.69, 9.17) is 9.05 Å². The average Bonchev–Trinajstić information content (AvgIpc) is 2.74. The van der Waals surface area contributed by atoms with Gasteiger partial charge >= 0.3 is 8.25 Å². The highest BCUT2D eigenvalue weighted by Crippen LogP contribution is 2.24. The molecule has 0 radical (unpaired) electrons. The Morgan fingerprint density at radius 3 is 1.36 bits per heavy atom. The Morgan fingerprint density at radius 1 is 0.536 bits per heavy atom. The van der Waals surface area contributed by atoms with Crippen LogP contribution in [0.25, 0.3) is 0 Å². The fraction of sp³-hybridized carbons (Fsp3) is 0.500. The second kappa shape index (κ2) is 15.5. The maximum Gasteiger partial charge on any atom is 0.319 e. The monoisotopic (exact) mass is 402 g/mol. The van der Waals surface area contributed by atoms with Gasteiger partial charge < -0.3 is 9.05 Å². The molecule has 0 saturated heterocycles. The highest BCUT2D eigenvalue weighted by atomic mass is 31.1. The predicted octanol–water partition coefficient (Wildman–Crippen LogP) is 7.02. The molecular weight excluding hydrogens is 367 g/mol. The number of unbranched alkanes of at least 4 members (excludes halogenated alkanes) is 6. The molecule has 0 spiro atoms. The number of hydrogen-bond donors (Lipinski definition) is 0. The maximum atomic E-state index is 11.7. The molecule has 0 saturated carbocycles. The van der Waals surface area contributed by atoms with E-state index in [-0.39, 0.29) is 0 Å². The second-order valence-corrected chi connectivity index (χ2v) is 8.32. The summed E-state index contributed by atoms with van der Waals surface area (Å²) in [5, 5.41) is 0. The van der Waals surface area contributed by atoms with Crippen LogP contribution in [0.5, 0.6) is 0 Å². The number of hydrogen-bond acceptors (Lipinski definition) is 3. The molecule has 0 unspecified atom stereocenters. The minimum Gasteiger partial charge on any atom is -0.311 e. The third kappa shape index (κ3) is 11.4. The summed E-state index contributed by atoms with van der Waals surface area (Å²) >= 11 is 0. The molecule has 0 bridgehead atoms. The zero-order valence-electron chi connectivity index (χ0n) is 17.0. The molecule has 4 heteroatoms. The fourth-order valence-electron chi connectivity index (χ4n) is 3.21. The van der Waals surface area contributed by atoms with Crippen LogP contribution in [0.4, 0.5) is 0 Å². The molecule has 3 nitrogen and oxygen atoms in total. The fourth-order valence-corrected chi connectivity index (χ4v) is 3.92. The molecular formula is C24H35O3P. The Morgan fingerprint density at radius 2 is 0.929 bits per heavy atom. The quantitative estimate of drug-likeness (QED) is 0.224. The summed E-state index contributed by atoms with van der Waals surface area (Å²) in [7, 11) is -2.31. The van der Waals surface area contributed by atoms with Crippen LogP contribution in [0.3, 0.4) is 0 Å². The Kier molecular flexibility index (Phi) is 12.7. The van der Waals surface area contributed by atoms with Gasteiger partial charge in [-0.25, -0.2) is 0 Å². The van der Waals surface area contributed by atoms with Crippen LogP contribution >= 0.6 is 8.25 Å². The van der Waals surface area contributed by atoms with E-state index in [9.17, 15) is 4.57 Å². The van der Waals surface area contributed by atoms with Crippen molar-refractivity contribution in [2.75, 3.05) is 13.2 Å². The van der Waals surface area contributed by atoms with Crippen molar-refractivity contribution in [3.8, 4) is 0 Å². The van der Waals surface area contributed by atoms with E-state index < -0.39 is 8.25 Å². The summed E-state index contributed by atoms with van der Waals surface area (Å²) in [5.74, 6) is 0. The van der Waals surface area contributed by atoms with E-state index in [1.807, 2.05) is 0 Å². The topological polar surface area (TPSA) is 35.5 Å². The molecule has 0 aliphatic heterocycles. The van der Waals surface area contributed by atoms with Gasteiger partial charge in [-0.3, -0.25) is 4.57 Å². The van der Waals surface area contributed by atoms with Crippen molar-refractivity contribution in [2.24, 2.45) is 0 Å². The zero-order chi connectivity index (χ0) is 19.7. The first-order chi connectivity index (χ1) is 13.8. The molecule has 2 aromatic rings. The molecule has 0 N–H and O–H groups in total. The van der Waals surface area contributed by atoms with Gasteiger partial charge in [0.25, 0.3) is 0 Å². The Labute approximate surface area is 171 Å². The molecule has 0 aliphatic rings. The van der Waals surface area contributed by atoms with Crippen LogP contribution in [0, 0.1) is 0 Å². The van der Waals surface area contributed by atoms with Gasteiger partial charge in [0.2, 0.25) is 0 Å². The van der Waals surface area contributed by atoms with Crippen molar-refractivity contribution < 1.29 is 13.6 Å². The van der Waals surface area contributed by atoms with Gasteiger partial charge in [0.15, 0.2) is 0 Å². The van der Waals surface area contributed by atoms with Crippen molar-refractivity contribution in [3.05, 3.63) is 71.8 Å². The van der Waals surface area contributed by atoms with E-state index in [2.05, 4.69) is 60.7 Å². The lowest BCUT2D eigenvalue weighted by Crippen LogP contribution is -1.93. The minimum atomic E-state index is -2.31. The van der Waals surface area contributed by atoms with Crippen molar-refractivity contribution in [1.29, 1.82) is 0 Å². The summed E-state index contributed by atoms with van der Waals surface area (Å²) in [5.41, 5.74) is 2.80. The van der Waals surface area contributed by atoms with Crippen molar-refractivity contribution in [2.45, 2.75) is 64.2 Å². The third-order valence-electron chi connectivity index (χ3n) is 4.85. The molecule has 2 rings (SSSR count). The van der Waals surface area contributed by atoms with Gasteiger partial charge in [0.1, 0.15) is 0 Å². The van der Waals surface area contributed by atoms with Crippen LogP contribution in [0.1, 0.15) is 62.5 Å². The standard InChI is InChI=1S/C24H35O3P/c25-28(26-21-13-3-1-7-15-23-17-9-5-10-18-23)27-22-14-4-2-8-16-24-19-11-6-12-20-24/h5-6,9-12,17-20,28H,1-4,7-8,13-16,21-22H2. The van der Waals surface area contributed by atoms with Crippen molar-refractivity contribution in [1.82, 2.24) is 0 Å². The van der Waals surface area contributed by atoms with Gasteiger partial charge in [-0.1, -0.05) is 86.3 Å². The molecule has 2 aromatic carbocycles. The summed E-state index contributed by atoms with van der Waals surface area (Å²) in [6.07, 6.45) is 11.2. The lowest BCUT2D eigenvalue weighted by molar-refractivity contribution is 0.218. The molecule has 0 aromatic heterocycles. The van der Waals surface area contributed by atoms with Crippen LogP contribution < -0.4 is 0 Å². The second-order valence-electron chi connectivity index (χ2n) is 7.25. The molecule has 0 aliphatic carbocycles. The molecule has 0 fully saturated rings. The van der Waals surface area contributed by atoms with Crippen LogP contribution in [0.15, 0.2) is 60.7 Å². The Bertz CT molecular complexity index is 575. The van der Waals surface area contributed by atoms with Gasteiger partial charge in [0, 0.05) is 0 Å². The minimum absolute atomic E-state index is 0.542. The molecule has 28 heavy (non-hydrogen) atoms. The van der Waals surface area contributed by atoms with E-state index in [1.165, 1.54) is 36.8 Å². The summed E-state index contributed by atoms with van der Waals surface area (Å²) in [6, 6.07) is 21.2. The number of aryl methyl sites for hydroxylation is 2. The predicted molar refractivity (Wildman–Crippen MR) is 118 cm³/mol. The lowest BCUT2D eigenvalue weighted by Gasteiger charge is -2.06. The highest BCUT2D eigenvalue weighted by molar-refractivity contribution is 7.33. The van der Waals surface area contributed by atoms with E-state index in [0.29, 0.717) is 13.2 Å². The third-order valence-corrected chi connectivity index (χ3v) is 5.72. The van der Waals surface area contributed by atoms with Crippen molar-refractivity contribution in [3.63, 3.8) is 0 Å². The molecule has 0 amide bonds.